The summed E-state index contributed by atoms with van der Waals surface area (Å²) in [6.07, 6.45) is 0.442. The van der Waals surface area contributed by atoms with Crippen LogP contribution >= 0.6 is 11.8 Å². The minimum absolute atomic E-state index is 0.148. The van der Waals surface area contributed by atoms with E-state index in [-0.39, 0.29) is 5.78 Å². The number of methoxy groups -OCH3 is 1. The van der Waals surface area contributed by atoms with Gasteiger partial charge in [-0.1, -0.05) is 12.1 Å². The number of ether oxygens (including phenoxy) is 1. The van der Waals surface area contributed by atoms with E-state index in [9.17, 15) is 4.79 Å². The SMILES string of the molecule is COCCN(C)c1nc(Sc2ccc(CC(C)=O)cc2)nc(Nc2cc(C)[nH]n2)c1C. The van der Waals surface area contributed by atoms with E-state index in [1.165, 1.54) is 11.8 Å². The molecule has 3 aromatic rings. The summed E-state index contributed by atoms with van der Waals surface area (Å²) in [6.45, 7) is 6.85. The van der Waals surface area contributed by atoms with Crippen molar-refractivity contribution in [2.75, 3.05) is 37.5 Å². The molecule has 0 unspecified atom stereocenters. The number of rotatable bonds is 10. The Hall–Kier alpha value is -2.91. The first kappa shape index (κ1) is 22.8. The topological polar surface area (TPSA) is 96.0 Å². The van der Waals surface area contributed by atoms with Crippen molar-refractivity contribution in [2.45, 2.75) is 37.2 Å². The number of ketones is 1. The van der Waals surface area contributed by atoms with Gasteiger partial charge < -0.3 is 15.0 Å². The zero-order valence-corrected chi connectivity index (χ0v) is 19.3. The van der Waals surface area contributed by atoms with Gasteiger partial charge in [-0.3, -0.25) is 9.89 Å². The van der Waals surface area contributed by atoms with Crippen LogP contribution in [-0.2, 0) is 16.0 Å². The number of aryl methyl sites for hydroxylation is 1. The number of hydrogen-bond acceptors (Lipinski definition) is 8. The second-order valence-electron chi connectivity index (χ2n) is 7.40. The van der Waals surface area contributed by atoms with Crippen molar-refractivity contribution in [3.63, 3.8) is 0 Å². The van der Waals surface area contributed by atoms with Gasteiger partial charge >= 0.3 is 0 Å². The van der Waals surface area contributed by atoms with Gasteiger partial charge in [0.25, 0.3) is 0 Å². The monoisotopic (exact) mass is 440 g/mol. The molecule has 0 fully saturated rings. The Labute approximate surface area is 186 Å². The van der Waals surface area contributed by atoms with E-state index in [2.05, 4.69) is 20.4 Å². The van der Waals surface area contributed by atoms with E-state index >= 15 is 0 Å². The van der Waals surface area contributed by atoms with Gasteiger partial charge in [0.1, 0.15) is 17.4 Å². The van der Waals surface area contributed by atoms with E-state index in [1.807, 2.05) is 51.2 Å². The zero-order valence-electron chi connectivity index (χ0n) is 18.5. The lowest BCUT2D eigenvalue weighted by molar-refractivity contribution is -0.116. The molecule has 2 N–H and O–H groups in total. The van der Waals surface area contributed by atoms with Crippen LogP contribution in [-0.4, -0.2) is 53.3 Å². The first-order valence-electron chi connectivity index (χ1n) is 9.99. The van der Waals surface area contributed by atoms with Crippen molar-refractivity contribution in [1.82, 2.24) is 20.2 Å². The molecule has 0 saturated carbocycles. The summed E-state index contributed by atoms with van der Waals surface area (Å²) in [5.41, 5.74) is 2.89. The second-order valence-corrected chi connectivity index (χ2v) is 8.44. The van der Waals surface area contributed by atoms with E-state index in [4.69, 9.17) is 14.7 Å². The lowest BCUT2D eigenvalue weighted by atomic mass is 10.1. The van der Waals surface area contributed by atoms with Crippen LogP contribution in [0.1, 0.15) is 23.7 Å². The van der Waals surface area contributed by atoms with Gasteiger partial charge in [0.2, 0.25) is 0 Å². The predicted molar refractivity (Wildman–Crippen MR) is 123 cm³/mol. The lowest BCUT2D eigenvalue weighted by Crippen LogP contribution is -2.24. The van der Waals surface area contributed by atoms with Crippen LogP contribution in [0.15, 0.2) is 40.4 Å². The molecule has 8 nitrogen and oxygen atoms in total. The third-order valence-corrected chi connectivity index (χ3v) is 5.50. The van der Waals surface area contributed by atoms with Crippen molar-refractivity contribution in [3.8, 4) is 0 Å². The van der Waals surface area contributed by atoms with Crippen molar-refractivity contribution < 1.29 is 9.53 Å². The van der Waals surface area contributed by atoms with Crippen molar-refractivity contribution in [1.29, 1.82) is 0 Å². The van der Waals surface area contributed by atoms with Gasteiger partial charge in [-0.2, -0.15) is 5.10 Å². The number of carbonyl (C=O) groups is 1. The molecular weight excluding hydrogens is 412 g/mol. The van der Waals surface area contributed by atoms with Gasteiger partial charge in [-0.05, 0) is 50.2 Å². The molecule has 9 heteroatoms. The molecule has 3 rings (SSSR count). The van der Waals surface area contributed by atoms with Crippen LogP contribution in [0.2, 0.25) is 0 Å². The Morgan fingerprint density at radius 2 is 1.97 bits per heavy atom. The van der Waals surface area contributed by atoms with E-state index in [0.29, 0.717) is 36.4 Å². The quantitative estimate of drug-likeness (QED) is 0.458. The van der Waals surface area contributed by atoms with Crippen LogP contribution in [0.4, 0.5) is 17.5 Å². The fraction of sp³-hybridized carbons (Fsp3) is 0.364. The van der Waals surface area contributed by atoms with Gasteiger partial charge in [0, 0.05) is 49.3 Å². The fourth-order valence-corrected chi connectivity index (χ4v) is 3.78. The fourth-order valence-electron chi connectivity index (χ4n) is 3.03. The van der Waals surface area contributed by atoms with Crippen LogP contribution < -0.4 is 10.2 Å². The summed E-state index contributed by atoms with van der Waals surface area (Å²) in [5, 5.41) is 11.1. The molecule has 1 aromatic carbocycles. The number of nitrogens with one attached hydrogen (secondary N) is 2. The summed E-state index contributed by atoms with van der Waals surface area (Å²) in [4.78, 5) is 23.9. The van der Waals surface area contributed by atoms with Crippen molar-refractivity contribution in [2.24, 2.45) is 0 Å². The molecule has 0 spiro atoms. The first-order chi connectivity index (χ1) is 14.9. The van der Waals surface area contributed by atoms with Crippen LogP contribution in [0.5, 0.6) is 0 Å². The number of aromatic nitrogens is 4. The molecule has 0 aliphatic heterocycles. The van der Waals surface area contributed by atoms with Crippen molar-refractivity contribution in [3.05, 3.63) is 47.2 Å². The summed E-state index contributed by atoms with van der Waals surface area (Å²) < 4.78 is 5.22. The first-order valence-corrected chi connectivity index (χ1v) is 10.8. The number of carbonyl (C=O) groups excluding carboxylic acids is 1. The average molecular weight is 441 g/mol. The number of aromatic amines is 1. The molecule has 2 heterocycles. The highest BCUT2D eigenvalue weighted by Crippen LogP contribution is 2.32. The minimum Gasteiger partial charge on any atom is -0.383 e. The van der Waals surface area contributed by atoms with Crippen LogP contribution in [0, 0.1) is 13.8 Å². The number of likely N-dealkylation sites (N-methyl/N-ethyl adjacent to an activating group) is 1. The summed E-state index contributed by atoms with van der Waals surface area (Å²) in [5.74, 6) is 2.39. The van der Waals surface area contributed by atoms with Gasteiger partial charge in [-0.15, -0.1) is 0 Å². The Morgan fingerprint density at radius 1 is 1.23 bits per heavy atom. The summed E-state index contributed by atoms with van der Waals surface area (Å²) >= 11 is 1.48. The maximum Gasteiger partial charge on any atom is 0.196 e. The largest absolute Gasteiger partial charge is 0.383 e. The molecule has 164 valence electrons. The van der Waals surface area contributed by atoms with Crippen molar-refractivity contribution >= 4 is 35.0 Å². The normalized spacial score (nSPS) is 10.9. The highest BCUT2D eigenvalue weighted by molar-refractivity contribution is 7.99. The molecule has 0 atom stereocenters. The van der Waals surface area contributed by atoms with E-state index in [1.54, 1.807) is 14.0 Å². The maximum absolute atomic E-state index is 11.3. The smallest absolute Gasteiger partial charge is 0.196 e. The van der Waals surface area contributed by atoms with Gasteiger partial charge in [0.05, 0.1) is 6.61 Å². The Morgan fingerprint density at radius 3 is 2.58 bits per heavy atom. The number of benzene rings is 1. The second kappa shape index (κ2) is 10.4. The molecule has 2 aromatic heterocycles. The Balaban J connectivity index is 1.90. The molecule has 0 saturated heterocycles. The third kappa shape index (κ3) is 6.28. The van der Waals surface area contributed by atoms with E-state index < -0.39 is 0 Å². The molecule has 0 aliphatic rings. The number of H-pyrrole nitrogens is 1. The number of nitrogens with zero attached hydrogens (tertiary/aromatic N) is 4. The van der Waals surface area contributed by atoms with Gasteiger partial charge in [0.15, 0.2) is 11.0 Å². The molecule has 0 bridgehead atoms. The average Bonchev–Trinajstić information content (AvgIpc) is 3.14. The Bertz CT molecular complexity index is 1030. The molecule has 0 radical (unpaired) electrons. The summed E-state index contributed by atoms with van der Waals surface area (Å²) in [6, 6.07) is 9.84. The zero-order chi connectivity index (χ0) is 22.4. The standard InChI is InChI=1S/C22H28N6O2S/c1-14-12-19(27-26-14)23-20-16(3)21(28(4)10-11-30-5)25-22(24-20)31-18-8-6-17(7-9-18)13-15(2)29/h6-9,12H,10-11,13H2,1-5H3,(H2,23,24,25,26,27). The summed E-state index contributed by atoms with van der Waals surface area (Å²) in [7, 11) is 3.67. The van der Waals surface area contributed by atoms with Gasteiger partial charge in [-0.25, -0.2) is 9.97 Å². The highest BCUT2D eigenvalue weighted by Gasteiger charge is 2.16. The third-order valence-electron chi connectivity index (χ3n) is 4.63. The number of Topliss-reactive ketones (excluding diaryl/α,β-unsaturated/α-hetero) is 1. The number of hydrogen-bond donors (Lipinski definition) is 2. The predicted octanol–water partition coefficient (Wildman–Crippen LogP) is 3.93. The molecule has 0 amide bonds. The lowest BCUT2D eigenvalue weighted by Gasteiger charge is -2.22. The molecular formula is C22H28N6O2S. The van der Waals surface area contributed by atoms with Crippen LogP contribution in [0.25, 0.3) is 0 Å². The minimum atomic E-state index is 0.148. The van der Waals surface area contributed by atoms with Crippen LogP contribution in [0.3, 0.4) is 0 Å². The number of anilines is 3. The maximum atomic E-state index is 11.3. The molecule has 0 aliphatic carbocycles. The Kier molecular flexibility index (Phi) is 7.64. The molecule has 31 heavy (non-hydrogen) atoms. The van der Waals surface area contributed by atoms with E-state index in [0.717, 1.165) is 27.5 Å². The highest BCUT2D eigenvalue weighted by atomic mass is 32.2.